The molecule has 0 saturated carbocycles. The third-order valence-corrected chi connectivity index (χ3v) is 0.642. The van der Waals surface area contributed by atoms with Crippen molar-refractivity contribution in [2.75, 3.05) is 26.2 Å². The van der Waals surface area contributed by atoms with Gasteiger partial charge in [-0.15, -0.1) is 0 Å². The molecule has 0 fully saturated rings. The number of nitrogens with one attached hydrogen (secondary N) is 1. The van der Waals surface area contributed by atoms with Crippen LogP contribution in [0.2, 0.25) is 0 Å². The fourth-order valence-corrected chi connectivity index (χ4v) is 0.329. The lowest BCUT2D eigenvalue weighted by Gasteiger charge is -1.95. The van der Waals surface area contributed by atoms with Crippen LogP contribution in [0.3, 0.4) is 0 Å². The second-order valence-corrected chi connectivity index (χ2v) is 2.70. The van der Waals surface area contributed by atoms with E-state index < -0.39 is 43.4 Å². The Balaban J connectivity index is -0.0000000371. The van der Waals surface area contributed by atoms with Crippen LogP contribution in [0.5, 0.6) is 0 Å². The van der Waals surface area contributed by atoms with E-state index in [9.17, 15) is 0 Å². The lowest BCUT2D eigenvalue weighted by Crippen LogP contribution is -2.27. The molecule has 0 aromatic heterocycles. The van der Waals surface area contributed by atoms with E-state index in [1.807, 2.05) is 0 Å². The fraction of sp³-hybridized carbons (Fsp3) is 1.00. The number of hydrogen-bond acceptors (Lipinski definition) is 8. The molecule has 22 heavy (non-hydrogen) atoms. The summed E-state index contributed by atoms with van der Waals surface area (Å²) in [5.41, 5.74) is 10.3. The minimum Gasteiger partial charge on any atom is -0.329 e. The van der Waals surface area contributed by atoms with Crippen LogP contribution < -0.4 is 16.8 Å². The third-order valence-electron chi connectivity index (χ3n) is 0.642. The Morgan fingerprint density at radius 1 is 0.591 bits per heavy atom. The van der Waals surface area contributed by atoms with E-state index in [0.29, 0.717) is 13.1 Å². The van der Waals surface area contributed by atoms with Gasteiger partial charge in [0.05, 0.1) is 0 Å². The van der Waals surface area contributed by atoms with Crippen LogP contribution in [0, 0.1) is 0 Å². The molecular weight excluding hydrogens is 405 g/mol. The molecule has 0 radical (unpaired) electrons. The molecule has 0 aliphatic heterocycles. The molecule has 13 nitrogen and oxygen atoms in total. The molecule has 0 amide bonds. The fourth-order valence-electron chi connectivity index (χ4n) is 0.329. The highest BCUT2D eigenvalue weighted by Crippen LogP contribution is 1.67. The molecule has 0 saturated heterocycles. The average molecular weight is 428 g/mol. The predicted molar refractivity (Wildman–Crippen MR) is 87.1 cm³/mol. The van der Waals surface area contributed by atoms with E-state index >= 15 is 0 Å². The highest BCUT2D eigenvalue weighted by molar-refractivity contribution is 7.16. The molecule has 0 bridgehead atoms. The minimum atomic E-state index is -1.17. The zero-order chi connectivity index (χ0) is 19.1. The Hall–Kier alpha value is 0.180. The topological polar surface area (TPSA) is 251 Å². The molecule has 0 spiro atoms. The van der Waals surface area contributed by atoms with Crippen LogP contribution in [0.1, 0.15) is 0 Å². The standard InChI is InChI=1S/C4H13N3.5HO2P/c5-1-3-7-4-2-6;5*1-3-2/h7H,1-6H2;5*3H/p+5. The molecule has 10 N–H and O–H groups in total. The van der Waals surface area contributed by atoms with Gasteiger partial charge >= 0.3 is 43.4 Å². The highest BCUT2D eigenvalue weighted by atomic mass is 31.1. The maximum atomic E-state index is 8.51. The van der Waals surface area contributed by atoms with Gasteiger partial charge in [-0.05, 0) is 22.8 Å². The van der Waals surface area contributed by atoms with Crippen LogP contribution in [0.4, 0.5) is 0 Å². The minimum absolute atomic E-state index is 0.694. The van der Waals surface area contributed by atoms with Gasteiger partial charge in [-0.25, -0.2) is 0 Å². The smallest absolute Gasteiger partial charge is 0.329 e. The molecular formula is C4H23N3O10P5+5. The molecule has 5 unspecified atom stereocenters. The third kappa shape index (κ3) is 425. The van der Waals surface area contributed by atoms with Crippen LogP contribution in [-0.4, -0.2) is 50.6 Å². The van der Waals surface area contributed by atoms with Gasteiger partial charge in [-0.2, -0.15) is 24.5 Å². The maximum absolute atomic E-state index is 8.51. The van der Waals surface area contributed by atoms with E-state index in [1.54, 1.807) is 0 Å². The monoisotopic (exact) mass is 428 g/mol. The largest absolute Gasteiger partial charge is 0.491 e. The number of rotatable bonds is 4. The van der Waals surface area contributed by atoms with Crippen LogP contribution >= 0.6 is 43.4 Å². The van der Waals surface area contributed by atoms with Crippen LogP contribution in [0.25, 0.3) is 0 Å². The Bertz CT molecular complexity index is 165. The first-order valence-corrected chi connectivity index (χ1v) is 8.94. The van der Waals surface area contributed by atoms with Gasteiger partial charge in [-0.3, -0.25) is 0 Å². The van der Waals surface area contributed by atoms with Crippen LogP contribution in [-0.2, 0) is 22.8 Å². The lowest BCUT2D eigenvalue weighted by atomic mass is 10.6. The SMILES string of the molecule is NCCNCCN.O=[PH+]O.O=[PH+]O.O=[PH+]O.O=[PH+]O.O=[PH+]O. The average Bonchev–Trinajstić information content (AvgIpc) is 2.44. The Morgan fingerprint density at radius 3 is 0.818 bits per heavy atom. The van der Waals surface area contributed by atoms with Gasteiger partial charge in [0.15, 0.2) is 0 Å². The summed E-state index contributed by atoms with van der Waals surface area (Å²) in [5.74, 6) is 0. The molecule has 0 rings (SSSR count). The first-order chi connectivity index (χ1) is 10.5. The molecule has 0 heterocycles. The molecule has 134 valence electrons. The van der Waals surface area contributed by atoms with Crippen molar-refractivity contribution in [1.29, 1.82) is 0 Å². The van der Waals surface area contributed by atoms with Crippen LogP contribution in [0.15, 0.2) is 0 Å². The van der Waals surface area contributed by atoms with E-state index in [4.69, 9.17) is 58.8 Å². The molecule has 0 aromatic carbocycles. The van der Waals surface area contributed by atoms with E-state index in [1.165, 1.54) is 0 Å². The molecule has 0 aliphatic carbocycles. The van der Waals surface area contributed by atoms with Crippen molar-refractivity contribution in [3.05, 3.63) is 0 Å². The second kappa shape index (κ2) is 83.2. The summed E-state index contributed by atoms with van der Waals surface area (Å²) in [4.78, 5) is 35.2. The maximum Gasteiger partial charge on any atom is 0.491 e. The summed E-state index contributed by atoms with van der Waals surface area (Å²) in [6.45, 7) is 3.13. The number of hydrogen-bond donors (Lipinski definition) is 8. The van der Waals surface area contributed by atoms with Crippen molar-refractivity contribution < 1.29 is 47.3 Å². The lowest BCUT2D eigenvalue weighted by molar-refractivity contribution is 0.523. The van der Waals surface area contributed by atoms with Crippen molar-refractivity contribution in [1.82, 2.24) is 5.32 Å². The highest BCUT2D eigenvalue weighted by Gasteiger charge is 1.76. The van der Waals surface area contributed by atoms with E-state index in [-0.39, 0.29) is 0 Å². The Kier molecular flexibility index (Phi) is 144. The van der Waals surface area contributed by atoms with Crippen molar-refractivity contribution in [2.24, 2.45) is 11.5 Å². The van der Waals surface area contributed by atoms with Crippen molar-refractivity contribution >= 4 is 43.4 Å². The molecule has 0 aliphatic rings. The Morgan fingerprint density at radius 2 is 0.727 bits per heavy atom. The predicted octanol–water partition coefficient (Wildman–Crippen LogP) is -1.92. The second-order valence-electron chi connectivity index (χ2n) is 1.78. The zero-order valence-corrected chi connectivity index (χ0v) is 16.3. The van der Waals surface area contributed by atoms with E-state index in [2.05, 4.69) is 5.32 Å². The van der Waals surface area contributed by atoms with Gasteiger partial charge in [0, 0.05) is 26.2 Å². The first-order valence-electron chi connectivity index (χ1n) is 4.66. The van der Waals surface area contributed by atoms with Gasteiger partial charge < -0.3 is 16.8 Å². The molecule has 0 aromatic rings. The summed E-state index contributed by atoms with van der Waals surface area (Å²) in [6, 6.07) is 0. The molecule has 5 atom stereocenters. The number of nitrogens with two attached hydrogens (primary N) is 2. The summed E-state index contributed by atoms with van der Waals surface area (Å²) < 4.78 is 42.6. The summed E-state index contributed by atoms with van der Waals surface area (Å²) >= 11 is 0. The van der Waals surface area contributed by atoms with Gasteiger partial charge in [0.1, 0.15) is 0 Å². The normalized spacial score (nSPS) is 7.77. The summed E-state index contributed by atoms with van der Waals surface area (Å²) in [5, 5.41) is 3.03. The van der Waals surface area contributed by atoms with Crippen molar-refractivity contribution in [3.8, 4) is 0 Å². The molecule has 18 heteroatoms. The van der Waals surface area contributed by atoms with Crippen molar-refractivity contribution in [2.45, 2.75) is 0 Å². The van der Waals surface area contributed by atoms with Crippen molar-refractivity contribution in [3.63, 3.8) is 0 Å². The quantitative estimate of drug-likeness (QED) is 0.180. The summed E-state index contributed by atoms with van der Waals surface area (Å²) in [6.07, 6.45) is 0. The zero-order valence-electron chi connectivity index (χ0n) is 11.3. The van der Waals surface area contributed by atoms with Gasteiger partial charge in [0.2, 0.25) is 0 Å². The van der Waals surface area contributed by atoms with Gasteiger partial charge in [0.25, 0.3) is 0 Å². The van der Waals surface area contributed by atoms with Gasteiger partial charge in [-0.1, -0.05) is 0 Å². The first kappa shape index (κ1) is 38.0. The Labute approximate surface area is 134 Å². The van der Waals surface area contributed by atoms with E-state index in [0.717, 1.165) is 13.1 Å². The summed E-state index contributed by atoms with van der Waals surface area (Å²) in [7, 11) is -5.83.